The van der Waals surface area contributed by atoms with E-state index < -0.39 is 8.80 Å². The minimum absolute atomic E-state index is 0.373. The standard InChI is InChI=1S/C29H30O3Si/c1-2-33(30-24-12-21-27-15-6-3-7-16-27,31-25-13-22-28-17-8-4-9-18-28)32-26-14-23-29-19-10-5-11-20-29/h2-23H,1,24-26H2/b21-12+,22-13+,23-14+. The third-order valence-corrected chi connectivity index (χ3v) is 6.93. The molecule has 0 heterocycles. The van der Waals surface area contributed by atoms with Gasteiger partial charge in [0, 0.05) is 0 Å². The Balaban J connectivity index is 1.60. The van der Waals surface area contributed by atoms with Crippen molar-refractivity contribution in [3.05, 3.63) is 138 Å². The van der Waals surface area contributed by atoms with Crippen LogP contribution < -0.4 is 0 Å². The highest BCUT2D eigenvalue weighted by molar-refractivity contribution is 6.66. The van der Waals surface area contributed by atoms with Crippen LogP contribution in [0.3, 0.4) is 0 Å². The van der Waals surface area contributed by atoms with Crippen LogP contribution in [0.15, 0.2) is 122 Å². The summed E-state index contributed by atoms with van der Waals surface area (Å²) in [5, 5.41) is 0. The molecular formula is C29H30O3Si. The van der Waals surface area contributed by atoms with Crippen LogP contribution in [-0.4, -0.2) is 28.6 Å². The Morgan fingerprint density at radius 2 is 0.818 bits per heavy atom. The smallest absolute Gasteiger partial charge is 0.366 e. The first-order valence-electron chi connectivity index (χ1n) is 11.0. The molecule has 3 aromatic carbocycles. The van der Waals surface area contributed by atoms with Crippen LogP contribution in [0.4, 0.5) is 0 Å². The molecule has 0 fully saturated rings. The maximum atomic E-state index is 6.13. The molecule has 0 N–H and O–H groups in total. The normalized spacial score (nSPS) is 12.1. The second kappa shape index (κ2) is 14.0. The van der Waals surface area contributed by atoms with Crippen LogP contribution in [0, 0.1) is 0 Å². The minimum Gasteiger partial charge on any atom is -0.366 e. The van der Waals surface area contributed by atoms with Crippen LogP contribution in [0.1, 0.15) is 16.7 Å². The van der Waals surface area contributed by atoms with Crippen molar-refractivity contribution in [3.63, 3.8) is 0 Å². The molecule has 0 aliphatic carbocycles. The van der Waals surface area contributed by atoms with Gasteiger partial charge in [0.05, 0.1) is 19.8 Å². The Labute approximate surface area is 198 Å². The van der Waals surface area contributed by atoms with Gasteiger partial charge in [0.15, 0.2) is 0 Å². The van der Waals surface area contributed by atoms with Crippen molar-refractivity contribution >= 4 is 27.0 Å². The number of rotatable bonds is 13. The van der Waals surface area contributed by atoms with Crippen molar-refractivity contribution < 1.29 is 13.3 Å². The predicted molar refractivity (Wildman–Crippen MR) is 140 cm³/mol. The third kappa shape index (κ3) is 9.00. The molecule has 4 heteroatoms. The van der Waals surface area contributed by atoms with E-state index >= 15 is 0 Å². The molecule has 3 rings (SSSR count). The maximum absolute atomic E-state index is 6.13. The second-order valence-corrected chi connectivity index (χ2v) is 9.66. The summed E-state index contributed by atoms with van der Waals surface area (Å²) in [5.41, 5.74) is 5.04. The van der Waals surface area contributed by atoms with Crippen molar-refractivity contribution in [2.24, 2.45) is 0 Å². The van der Waals surface area contributed by atoms with E-state index in [1.165, 1.54) is 0 Å². The predicted octanol–water partition coefficient (Wildman–Crippen LogP) is 6.84. The molecule has 0 radical (unpaired) electrons. The molecule has 0 aliphatic heterocycles. The van der Waals surface area contributed by atoms with E-state index in [4.69, 9.17) is 13.3 Å². The largest absolute Gasteiger partial charge is 0.529 e. The van der Waals surface area contributed by atoms with E-state index in [2.05, 4.69) is 6.58 Å². The van der Waals surface area contributed by atoms with Crippen LogP contribution >= 0.6 is 0 Å². The van der Waals surface area contributed by atoms with Crippen molar-refractivity contribution in [3.8, 4) is 0 Å². The van der Waals surface area contributed by atoms with Gasteiger partial charge in [0.25, 0.3) is 0 Å². The average Bonchev–Trinajstić information content (AvgIpc) is 2.88. The first-order valence-corrected chi connectivity index (χ1v) is 12.8. The molecule has 0 atom stereocenters. The van der Waals surface area contributed by atoms with Gasteiger partial charge >= 0.3 is 8.80 Å². The monoisotopic (exact) mass is 454 g/mol. The third-order valence-electron chi connectivity index (χ3n) is 4.72. The van der Waals surface area contributed by atoms with Gasteiger partial charge in [-0.1, -0.05) is 134 Å². The molecule has 0 aliphatic rings. The summed E-state index contributed by atoms with van der Waals surface area (Å²) in [6.45, 7) is 5.08. The van der Waals surface area contributed by atoms with Gasteiger partial charge in [0.2, 0.25) is 0 Å². The fourth-order valence-electron chi connectivity index (χ4n) is 3.04. The molecule has 0 bridgehead atoms. The zero-order chi connectivity index (χ0) is 23.0. The lowest BCUT2D eigenvalue weighted by molar-refractivity contribution is 0.1000. The van der Waals surface area contributed by atoms with Gasteiger partial charge in [0.1, 0.15) is 0 Å². The maximum Gasteiger partial charge on any atom is 0.529 e. The molecule has 3 aromatic rings. The molecule has 3 nitrogen and oxygen atoms in total. The molecular weight excluding hydrogens is 424 g/mol. The van der Waals surface area contributed by atoms with E-state index in [0.29, 0.717) is 19.8 Å². The Bertz CT molecular complexity index is 898. The molecule has 0 saturated carbocycles. The summed E-state index contributed by atoms with van der Waals surface area (Å²) in [6, 6.07) is 30.3. The number of hydrogen-bond acceptors (Lipinski definition) is 3. The highest BCUT2D eigenvalue weighted by Crippen LogP contribution is 2.14. The molecule has 168 valence electrons. The van der Waals surface area contributed by atoms with E-state index in [0.717, 1.165) is 16.7 Å². The summed E-state index contributed by atoms with van der Waals surface area (Å²) in [6.07, 6.45) is 12.0. The van der Waals surface area contributed by atoms with Gasteiger partial charge in [-0.05, 0) is 22.4 Å². The Morgan fingerprint density at radius 1 is 0.515 bits per heavy atom. The van der Waals surface area contributed by atoms with E-state index in [9.17, 15) is 0 Å². The quantitative estimate of drug-likeness (QED) is 0.265. The van der Waals surface area contributed by atoms with E-state index in [-0.39, 0.29) is 0 Å². The fraction of sp³-hybridized carbons (Fsp3) is 0.103. The summed E-state index contributed by atoms with van der Waals surface area (Å²) < 4.78 is 18.4. The lowest BCUT2D eigenvalue weighted by Crippen LogP contribution is -2.44. The lowest BCUT2D eigenvalue weighted by Gasteiger charge is -2.25. The highest BCUT2D eigenvalue weighted by Gasteiger charge is 2.37. The molecule has 0 spiro atoms. The van der Waals surface area contributed by atoms with Crippen LogP contribution in [0.2, 0.25) is 0 Å². The van der Waals surface area contributed by atoms with E-state index in [1.807, 2.05) is 127 Å². The van der Waals surface area contributed by atoms with Crippen LogP contribution in [-0.2, 0) is 13.3 Å². The lowest BCUT2D eigenvalue weighted by atomic mass is 10.2. The Hall–Kier alpha value is -3.28. The van der Waals surface area contributed by atoms with Crippen molar-refractivity contribution in [1.29, 1.82) is 0 Å². The number of benzene rings is 3. The van der Waals surface area contributed by atoms with Gasteiger partial charge in [-0.2, -0.15) is 0 Å². The summed E-state index contributed by atoms with van der Waals surface area (Å²) >= 11 is 0. The SMILES string of the molecule is C=C[Si](OC/C=C/c1ccccc1)(OC/C=C/c1ccccc1)OC/C=C/c1ccccc1. The fourth-order valence-corrected chi connectivity index (χ4v) is 4.63. The van der Waals surface area contributed by atoms with Gasteiger partial charge < -0.3 is 13.3 Å². The molecule has 0 unspecified atom stereocenters. The topological polar surface area (TPSA) is 27.7 Å². The summed E-state index contributed by atoms with van der Waals surface area (Å²) in [5.74, 6) is 0. The zero-order valence-corrected chi connectivity index (χ0v) is 19.8. The Morgan fingerprint density at radius 3 is 1.09 bits per heavy atom. The van der Waals surface area contributed by atoms with Gasteiger partial charge in [-0.25, -0.2) is 0 Å². The highest BCUT2D eigenvalue weighted by atomic mass is 28.4. The molecule has 0 saturated heterocycles. The first kappa shape index (κ1) is 24.4. The van der Waals surface area contributed by atoms with Crippen molar-refractivity contribution in [1.82, 2.24) is 0 Å². The minimum atomic E-state index is -3.07. The van der Waals surface area contributed by atoms with Gasteiger partial charge in [-0.15, -0.1) is 0 Å². The summed E-state index contributed by atoms with van der Waals surface area (Å²) in [7, 11) is -3.07. The van der Waals surface area contributed by atoms with E-state index in [1.54, 1.807) is 5.70 Å². The van der Waals surface area contributed by atoms with Gasteiger partial charge in [-0.3, -0.25) is 0 Å². The number of hydrogen-bond donors (Lipinski definition) is 0. The average molecular weight is 455 g/mol. The first-order chi connectivity index (χ1) is 16.3. The van der Waals surface area contributed by atoms with Crippen LogP contribution in [0.25, 0.3) is 18.2 Å². The molecule has 33 heavy (non-hydrogen) atoms. The second-order valence-electron chi connectivity index (χ2n) is 7.18. The Kier molecular flexibility index (Phi) is 10.3. The van der Waals surface area contributed by atoms with Crippen molar-refractivity contribution in [2.45, 2.75) is 0 Å². The molecule has 0 aromatic heterocycles. The summed E-state index contributed by atoms with van der Waals surface area (Å²) in [4.78, 5) is 0. The molecule has 0 amide bonds. The van der Waals surface area contributed by atoms with Crippen molar-refractivity contribution in [2.75, 3.05) is 19.8 Å². The zero-order valence-electron chi connectivity index (χ0n) is 18.8. The van der Waals surface area contributed by atoms with Crippen LogP contribution in [0.5, 0.6) is 0 Å².